The molecule has 0 aromatic heterocycles. The number of carbonyl (C=O) groups is 1. The molecule has 0 amide bonds. The number of rotatable bonds is 4. The lowest BCUT2D eigenvalue weighted by Gasteiger charge is -2.06. The summed E-state index contributed by atoms with van der Waals surface area (Å²) in [4.78, 5) is 11.7. The highest BCUT2D eigenvalue weighted by Gasteiger charge is 2.40. The van der Waals surface area contributed by atoms with Gasteiger partial charge in [0.1, 0.15) is 6.61 Å². The summed E-state index contributed by atoms with van der Waals surface area (Å²) in [6.07, 6.45) is 0.978. The van der Waals surface area contributed by atoms with Crippen LogP contribution < -0.4 is 0 Å². The van der Waals surface area contributed by atoms with Crippen LogP contribution in [0.25, 0.3) is 11.1 Å². The van der Waals surface area contributed by atoms with E-state index in [1.165, 1.54) is 11.1 Å². The van der Waals surface area contributed by atoms with Gasteiger partial charge in [-0.25, -0.2) is 0 Å². The third kappa shape index (κ3) is 2.90. The van der Waals surface area contributed by atoms with Crippen molar-refractivity contribution < 1.29 is 9.53 Å². The van der Waals surface area contributed by atoms with Gasteiger partial charge in [-0.2, -0.15) is 0 Å². The Bertz CT molecular complexity index is 587. The second kappa shape index (κ2) is 5.49. The predicted molar refractivity (Wildman–Crippen MR) is 78.9 cm³/mol. The zero-order valence-corrected chi connectivity index (χ0v) is 11.6. The zero-order valence-electron chi connectivity index (χ0n) is 11.6. The predicted octanol–water partition coefficient (Wildman–Crippen LogP) is 4.05. The largest absolute Gasteiger partial charge is 0.461 e. The Morgan fingerprint density at radius 1 is 1.05 bits per heavy atom. The van der Waals surface area contributed by atoms with Crippen molar-refractivity contribution >= 4 is 5.97 Å². The maximum atomic E-state index is 11.7. The summed E-state index contributed by atoms with van der Waals surface area (Å²) in [6, 6.07) is 18.4. The van der Waals surface area contributed by atoms with Crippen LogP contribution in [0.2, 0.25) is 0 Å². The van der Waals surface area contributed by atoms with E-state index in [0.29, 0.717) is 12.5 Å². The number of benzene rings is 2. The van der Waals surface area contributed by atoms with Gasteiger partial charge in [-0.1, -0.05) is 61.5 Å². The average molecular weight is 266 g/mol. The molecule has 0 bridgehead atoms. The molecule has 2 aromatic carbocycles. The van der Waals surface area contributed by atoms with Crippen LogP contribution in [-0.4, -0.2) is 5.97 Å². The minimum Gasteiger partial charge on any atom is -0.461 e. The first-order valence-corrected chi connectivity index (χ1v) is 7.05. The van der Waals surface area contributed by atoms with Gasteiger partial charge < -0.3 is 4.74 Å². The van der Waals surface area contributed by atoms with Gasteiger partial charge in [-0.15, -0.1) is 0 Å². The third-order valence-electron chi connectivity index (χ3n) is 3.85. The minimum absolute atomic E-state index is 0.0513. The molecule has 1 aliphatic carbocycles. The van der Waals surface area contributed by atoms with Crippen LogP contribution in [0, 0.1) is 11.8 Å². The first kappa shape index (κ1) is 12.9. The Morgan fingerprint density at radius 2 is 1.65 bits per heavy atom. The van der Waals surface area contributed by atoms with Crippen molar-refractivity contribution in [1.82, 2.24) is 0 Å². The molecule has 2 atom stereocenters. The molecular formula is C18H18O2. The van der Waals surface area contributed by atoms with Crippen LogP contribution in [-0.2, 0) is 16.1 Å². The van der Waals surface area contributed by atoms with Crippen molar-refractivity contribution in [1.29, 1.82) is 0 Å². The topological polar surface area (TPSA) is 26.3 Å². The molecule has 0 heterocycles. The van der Waals surface area contributed by atoms with Crippen molar-refractivity contribution in [3.05, 3.63) is 60.2 Å². The molecule has 0 spiro atoms. The minimum atomic E-state index is -0.0513. The maximum Gasteiger partial charge on any atom is 0.309 e. The van der Waals surface area contributed by atoms with Crippen LogP contribution in [0.1, 0.15) is 18.9 Å². The van der Waals surface area contributed by atoms with E-state index >= 15 is 0 Å². The molecule has 2 heteroatoms. The van der Waals surface area contributed by atoms with E-state index in [-0.39, 0.29) is 11.9 Å². The number of esters is 1. The molecule has 1 aliphatic rings. The monoisotopic (exact) mass is 266 g/mol. The first-order valence-electron chi connectivity index (χ1n) is 7.05. The summed E-state index contributed by atoms with van der Waals surface area (Å²) >= 11 is 0. The molecule has 1 fully saturated rings. The van der Waals surface area contributed by atoms with Gasteiger partial charge >= 0.3 is 5.97 Å². The van der Waals surface area contributed by atoms with Gasteiger partial charge in [0.2, 0.25) is 0 Å². The summed E-state index contributed by atoms with van der Waals surface area (Å²) in [7, 11) is 0. The van der Waals surface area contributed by atoms with Crippen molar-refractivity contribution in [3.63, 3.8) is 0 Å². The molecule has 0 aliphatic heterocycles. The Labute approximate surface area is 119 Å². The molecule has 20 heavy (non-hydrogen) atoms. The second-order valence-corrected chi connectivity index (χ2v) is 5.49. The van der Waals surface area contributed by atoms with Crippen LogP contribution in [0.5, 0.6) is 0 Å². The van der Waals surface area contributed by atoms with Crippen molar-refractivity contribution in [2.24, 2.45) is 11.8 Å². The van der Waals surface area contributed by atoms with E-state index < -0.39 is 0 Å². The van der Waals surface area contributed by atoms with Crippen LogP contribution in [0.15, 0.2) is 54.6 Å². The molecule has 2 aromatic rings. The summed E-state index contributed by atoms with van der Waals surface area (Å²) in [6.45, 7) is 2.46. The normalized spacial score (nSPS) is 20.4. The smallest absolute Gasteiger partial charge is 0.309 e. The van der Waals surface area contributed by atoms with E-state index in [1.807, 2.05) is 30.3 Å². The third-order valence-corrected chi connectivity index (χ3v) is 3.85. The van der Waals surface area contributed by atoms with Crippen molar-refractivity contribution in [2.45, 2.75) is 20.0 Å². The highest BCUT2D eigenvalue weighted by molar-refractivity contribution is 5.75. The molecular weight excluding hydrogens is 248 g/mol. The molecule has 0 saturated heterocycles. The molecule has 3 rings (SSSR count). The summed E-state index contributed by atoms with van der Waals surface area (Å²) in [5.41, 5.74) is 3.41. The SMILES string of the molecule is CC1CC1C(=O)OCc1ccc(-c2ccccc2)cc1. The summed E-state index contributed by atoms with van der Waals surface area (Å²) < 4.78 is 5.33. The van der Waals surface area contributed by atoms with Gasteiger partial charge in [-0.05, 0) is 29.0 Å². The molecule has 2 unspecified atom stereocenters. The second-order valence-electron chi connectivity index (χ2n) is 5.49. The van der Waals surface area contributed by atoms with Gasteiger partial charge in [0, 0.05) is 0 Å². The summed E-state index contributed by atoms with van der Waals surface area (Å²) in [5.74, 6) is 0.589. The number of hydrogen-bond donors (Lipinski definition) is 0. The van der Waals surface area contributed by atoms with Crippen LogP contribution in [0.3, 0.4) is 0 Å². The number of ether oxygens (including phenoxy) is 1. The molecule has 0 N–H and O–H groups in total. The molecule has 102 valence electrons. The molecule has 2 nitrogen and oxygen atoms in total. The van der Waals surface area contributed by atoms with E-state index in [9.17, 15) is 4.79 Å². The van der Waals surface area contributed by atoms with E-state index in [1.54, 1.807) is 0 Å². The fourth-order valence-electron chi connectivity index (χ4n) is 2.34. The molecule has 0 radical (unpaired) electrons. The highest BCUT2D eigenvalue weighted by atomic mass is 16.5. The van der Waals surface area contributed by atoms with Crippen LogP contribution in [0.4, 0.5) is 0 Å². The standard InChI is InChI=1S/C18H18O2/c1-13-11-17(13)18(19)20-12-14-7-9-16(10-8-14)15-5-3-2-4-6-15/h2-10,13,17H,11-12H2,1H3. The first-order chi connectivity index (χ1) is 9.74. The number of carbonyl (C=O) groups excluding carboxylic acids is 1. The van der Waals surface area contributed by atoms with Gasteiger partial charge in [0.25, 0.3) is 0 Å². The van der Waals surface area contributed by atoms with Gasteiger partial charge in [0.15, 0.2) is 0 Å². The van der Waals surface area contributed by atoms with Crippen LogP contribution >= 0.6 is 0 Å². The molecule has 1 saturated carbocycles. The van der Waals surface area contributed by atoms with Crippen molar-refractivity contribution in [3.8, 4) is 11.1 Å². The lowest BCUT2D eigenvalue weighted by atomic mass is 10.0. The fraction of sp³-hybridized carbons (Fsp3) is 0.278. The Kier molecular flexibility index (Phi) is 3.55. The quantitative estimate of drug-likeness (QED) is 0.780. The lowest BCUT2D eigenvalue weighted by Crippen LogP contribution is -2.07. The average Bonchev–Trinajstić information content (AvgIpc) is 3.23. The van der Waals surface area contributed by atoms with Gasteiger partial charge in [0.05, 0.1) is 5.92 Å². The Hall–Kier alpha value is -2.09. The van der Waals surface area contributed by atoms with Gasteiger partial charge in [-0.3, -0.25) is 4.79 Å². The van der Waals surface area contributed by atoms with Crippen molar-refractivity contribution in [2.75, 3.05) is 0 Å². The zero-order chi connectivity index (χ0) is 13.9. The Morgan fingerprint density at radius 3 is 2.25 bits per heavy atom. The highest BCUT2D eigenvalue weighted by Crippen LogP contribution is 2.38. The van der Waals surface area contributed by atoms with E-state index in [2.05, 4.69) is 31.2 Å². The van der Waals surface area contributed by atoms with E-state index in [0.717, 1.165) is 12.0 Å². The summed E-state index contributed by atoms with van der Waals surface area (Å²) in [5, 5.41) is 0. The fourth-order valence-corrected chi connectivity index (χ4v) is 2.34. The number of hydrogen-bond acceptors (Lipinski definition) is 2. The maximum absolute atomic E-state index is 11.7. The van der Waals surface area contributed by atoms with E-state index in [4.69, 9.17) is 4.74 Å². The lowest BCUT2D eigenvalue weighted by molar-refractivity contribution is -0.146. The Balaban J connectivity index is 1.60.